The first kappa shape index (κ1) is 23.3. The van der Waals surface area contributed by atoms with Crippen LogP contribution >= 0.6 is 34.8 Å². The van der Waals surface area contributed by atoms with E-state index in [1.54, 1.807) is 25.2 Å². The highest BCUT2D eigenvalue weighted by atomic mass is 35.5. The fourth-order valence-corrected chi connectivity index (χ4v) is 5.66. The first-order chi connectivity index (χ1) is 14.1. The molecule has 1 atom stereocenters. The molecule has 1 amide bonds. The zero-order chi connectivity index (χ0) is 22.1. The smallest absolute Gasteiger partial charge is 0.254 e. The Bertz CT molecular complexity index is 1060. The minimum atomic E-state index is -3.84. The van der Waals surface area contributed by atoms with Gasteiger partial charge in [0.05, 0.1) is 24.3 Å². The van der Waals surface area contributed by atoms with E-state index in [0.29, 0.717) is 23.3 Å². The van der Waals surface area contributed by atoms with Crippen LogP contribution in [0.5, 0.6) is 0 Å². The standard InChI is InChI=1S/C20H21Cl3N2O4S/c1-13(16-5-4-15(21)12-18(16)23)24(2)20(26)14-3-6-17(22)19(11-14)30(27,28)25-7-9-29-10-8-25/h3-6,11-13H,7-10H2,1-2H3. The van der Waals surface area contributed by atoms with E-state index in [0.717, 1.165) is 5.56 Å². The molecule has 0 spiro atoms. The molecule has 0 bridgehead atoms. The van der Waals surface area contributed by atoms with E-state index < -0.39 is 10.0 Å². The fourth-order valence-electron chi connectivity index (χ4n) is 3.19. The summed E-state index contributed by atoms with van der Waals surface area (Å²) in [6.07, 6.45) is 0. The van der Waals surface area contributed by atoms with Gasteiger partial charge in [0.25, 0.3) is 5.91 Å². The Hall–Kier alpha value is -1.35. The van der Waals surface area contributed by atoms with Gasteiger partial charge < -0.3 is 9.64 Å². The van der Waals surface area contributed by atoms with Crippen LogP contribution in [0.15, 0.2) is 41.3 Å². The molecule has 1 fully saturated rings. The maximum atomic E-state index is 13.1. The molecule has 30 heavy (non-hydrogen) atoms. The van der Waals surface area contributed by atoms with Crippen LogP contribution in [0, 0.1) is 0 Å². The molecule has 1 heterocycles. The zero-order valence-electron chi connectivity index (χ0n) is 16.4. The fraction of sp³-hybridized carbons (Fsp3) is 0.350. The van der Waals surface area contributed by atoms with Gasteiger partial charge in [-0.3, -0.25) is 4.79 Å². The number of carbonyl (C=O) groups excluding carboxylic acids is 1. The lowest BCUT2D eigenvalue weighted by atomic mass is 10.1. The molecule has 0 N–H and O–H groups in total. The molecule has 1 aliphatic rings. The van der Waals surface area contributed by atoms with E-state index in [9.17, 15) is 13.2 Å². The molecule has 0 aromatic heterocycles. The van der Waals surface area contributed by atoms with Gasteiger partial charge in [0.2, 0.25) is 10.0 Å². The van der Waals surface area contributed by atoms with Crippen LogP contribution in [0.25, 0.3) is 0 Å². The summed E-state index contributed by atoms with van der Waals surface area (Å²) < 4.78 is 32.6. The maximum Gasteiger partial charge on any atom is 0.254 e. The molecule has 0 radical (unpaired) electrons. The number of nitrogens with zero attached hydrogens (tertiary/aromatic N) is 2. The van der Waals surface area contributed by atoms with Crippen molar-refractivity contribution in [2.75, 3.05) is 33.4 Å². The third kappa shape index (κ3) is 4.77. The highest BCUT2D eigenvalue weighted by molar-refractivity contribution is 7.89. The molecular formula is C20H21Cl3N2O4S. The molecule has 6 nitrogen and oxygen atoms in total. The molecule has 1 saturated heterocycles. The third-order valence-corrected chi connectivity index (χ3v) is 8.02. The Labute approximate surface area is 191 Å². The van der Waals surface area contributed by atoms with E-state index in [1.807, 2.05) is 6.92 Å². The predicted octanol–water partition coefficient (Wildman–Crippen LogP) is 4.50. The number of hydrogen-bond donors (Lipinski definition) is 0. The summed E-state index contributed by atoms with van der Waals surface area (Å²) >= 11 is 18.4. The van der Waals surface area contributed by atoms with Gasteiger partial charge in [0, 0.05) is 35.7 Å². The Morgan fingerprint density at radius 2 is 1.73 bits per heavy atom. The number of halogens is 3. The maximum absolute atomic E-state index is 13.1. The topological polar surface area (TPSA) is 66.9 Å². The van der Waals surface area contributed by atoms with E-state index in [-0.39, 0.29) is 40.5 Å². The Kier molecular flexibility index (Phi) is 7.32. The number of ether oxygens (including phenoxy) is 1. The van der Waals surface area contributed by atoms with Crippen molar-refractivity contribution in [2.24, 2.45) is 0 Å². The molecule has 2 aromatic rings. The van der Waals surface area contributed by atoms with Crippen molar-refractivity contribution in [3.8, 4) is 0 Å². The summed E-state index contributed by atoms with van der Waals surface area (Å²) in [6, 6.07) is 8.97. The summed E-state index contributed by atoms with van der Waals surface area (Å²) in [6.45, 7) is 2.94. The van der Waals surface area contributed by atoms with Crippen molar-refractivity contribution in [3.05, 3.63) is 62.6 Å². The van der Waals surface area contributed by atoms with Crippen molar-refractivity contribution in [2.45, 2.75) is 17.9 Å². The van der Waals surface area contributed by atoms with Crippen LogP contribution in [0.3, 0.4) is 0 Å². The minimum absolute atomic E-state index is 0.0643. The van der Waals surface area contributed by atoms with Crippen LogP contribution in [0.4, 0.5) is 0 Å². The number of sulfonamides is 1. The van der Waals surface area contributed by atoms with Crippen LogP contribution in [0.1, 0.15) is 28.9 Å². The lowest BCUT2D eigenvalue weighted by Crippen LogP contribution is -2.40. The summed E-state index contributed by atoms with van der Waals surface area (Å²) in [7, 11) is -2.22. The first-order valence-corrected chi connectivity index (χ1v) is 11.8. The summed E-state index contributed by atoms with van der Waals surface area (Å²) in [5.41, 5.74) is 0.942. The summed E-state index contributed by atoms with van der Waals surface area (Å²) in [5, 5.41) is 1.01. The summed E-state index contributed by atoms with van der Waals surface area (Å²) in [4.78, 5) is 14.5. The Balaban J connectivity index is 1.90. The van der Waals surface area contributed by atoms with Gasteiger partial charge in [-0.1, -0.05) is 40.9 Å². The number of amides is 1. The van der Waals surface area contributed by atoms with E-state index in [4.69, 9.17) is 39.5 Å². The van der Waals surface area contributed by atoms with Crippen LogP contribution in [-0.4, -0.2) is 56.9 Å². The SMILES string of the molecule is CC(c1ccc(Cl)cc1Cl)N(C)C(=O)c1ccc(Cl)c(S(=O)(=O)N2CCOCC2)c1. The van der Waals surface area contributed by atoms with Crippen molar-refractivity contribution in [1.82, 2.24) is 9.21 Å². The second-order valence-electron chi connectivity index (χ2n) is 6.92. The Morgan fingerprint density at radius 1 is 1.07 bits per heavy atom. The lowest BCUT2D eigenvalue weighted by molar-refractivity contribution is 0.0729. The van der Waals surface area contributed by atoms with Gasteiger partial charge in [-0.2, -0.15) is 4.31 Å². The first-order valence-electron chi connectivity index (χ1n) is 9.22. The van der Waals surface area contributed by atoms with E-state index in [1.165, 1.54) is 27.4 Å². The van der Waals surface area contributed by atoms with Crippen LogP contribution in [-0.2, 0) is 14.8 Å². The number of carbonyl (C=O) groups is 1. The Morgan fingerprint density at radius 3 is 2.37 bits per heavy atom. The van der Waals surface area contributed by atoms with Crippen molar-refractivity contribution >= 4 is 50.7 Å². The summed E-state index contributed by atoms with van der Waals surface area (Å²) in [5.74, 6) is -0.358. The third-order valence-electron chi connectivity index (χ3n) is 5.08. The van der Waals surface area contributed by atoms with E-state index >= 15 is 0 Å². The number of benzene rings is 2. The largest absolute Gasteiger partial charge is 0.379 e. The van der Waals surface area contributed by atoms with Crippen LogP contribution < -0.4 is 0 Å². The van der Waals surface area contributed by atoms with Gasteiger partial charge in [0.15, 0.2) is 0 Å². The number of rotatable bonds is 5. The minimum Gasteiger partial charge on any atom is -0.379 e. The molecule has 2 aromatic carbocycles. The lowest BCUT2D eigenvalue weighted by Gasteiger charge is -2.28. The van der Waals surface area contributed by atoms with Crippen molar-refractivity contribution in [3.63, 3.8) is 0 Å². The second-order valence-corrected chi connectivity index (χ2v) is 10.1. The molecule has 1 aliphatic heterocycles. The molecular weight excluding hydrogens is 471 g/mol. The normalized spacial score (nSPS) is 16.3. The van der Waals surface area contributed by atoms with Gasteiger partial charge in [-0.25, -0.2) is 8.42 Å². The molecule has 0 aliphatic carbocycles. The second kappa shape index (κ2) is 9.42. The van der Waals surface area contributed by atoms with Crippen LogP contribution in [0.2, 0.25) is 15.1 Å². The number of morpholine rings is 1. The van der Waals surface area contributed by atoms with Crippen molar-refractivity contribution < 1.29 is 17.9 Å². The average molecular weight is 492 g/mol. The van der Waals surface area contributed by atoms with Gasteiger partial charge in [-0.05, 0) is 42.8 Å². The quantitative estimate of drug-likeness (QED) is 0.617. The molecule has 162 valence electrons. The zero-order valence-corrected chi connectivity index (χ0v) is 19.5. The van der Waals surface area contributed by atoms with Gasteiger partial charge >= 0.3 is 0 Å². The average Bonchev–Trinajstić information content (AvgIpc) is 2.73. The molecule has 1 unspecified atom stereocenters. The molecule has 10 heteroatoms. The molecule has 3 rings (SSSR count). The highest BCUT2D eigenvalue weighted by Gasteiger charge is 2.30. The highest BCUT2D eigenvalue weighted by Crippen LogP contribution is 2.31. The predicted molar refractivity (Wildman–Crippen MR) is 118 cm³/mol. The number of hydrogen-bond acceptors (Lipinski definition) is 4. The van der Waals surface area contributed by atoms with Gasteiger partial charge in [0.1, 0.15) is 4.90 Å². The van der Waals surface area contributed by atoms with E-state index in [2.05, 4.69) is 0 Å². The van der Waals surface area contributed by atoms with Crippen molar-refractivity contribution in [1.29, 1.82) is 0 Å². The van der Waals surface area contributed by atoms with Gasteiger partial charge in [-0.15, -0.1) is 0 Å². The molecule has 0 saturated carbocycles. The monoisotopic (exact) mass is 490 g/mol.